The topological polar surface area (TPSA) is 47.7 Å². The molecule has 2 aromatic rings. The van der Waals surface area contributed by atoms with Gasteiger partial charge in [0.15, 0.2) is 0 Å². The van der Waals surface area contributed by atoms with E-state index in [-0.39, 0.29) is 0 Å². The first kappa shape index (κ1) is 13.8. The molecule has 0 fully saturated rings. The molecule has 0 saturated heterocycles. The first-order valence-corrected chi connectivity index (χ1v) is 6.99. The zero-order chi connectivity index (χ0) is 13.5. The lowest BCUT2D eigenvalue weighted by molar-refractivity contribution is 0.544. The summed E-state index contributed by atoms with van der Waals surface area (Å²) in [6.45, 7) is 8.10. The minimum Gasteiger partial charge on any atom is -0.337 e. The Bertz CT molecular complexity index is 472. The zero-order valence-electron chi connectivity index (χ0n) is 11.8. The van der Waals surface area contributed by atoms with Gasteiger partial charge in [-0.1, -0.05) is 0 Å². The zero-order valence-corrected chi connectivity index (χ0v) is 11.8. The van der Waals surface area contributed by atoms with Crippen LogP contribution in [0.3, 0.4) is 0 Å². The van der Waals surface area contributed by atoms with Gasteiger partial charge in [0.05, 0.1) is 17.7 Å². The van der Waals surface area contributed by atoms with Crippen LogP contribution in [0.4, 0.5) is 0 Å². The molecule has 2 aromatic heterocycles. The molecule has 104 valence electrons. The van der Waals surface area contributed by atoms with Gasteiger partial charge < -0.3 is 9.88 Å². The minimum absolute atomic E-state index is 0.903. The van der Waals surface area contributed by atoms with Crippen molar-refractivity contribution in [1.29, 1.82) is 0 Å². The van der Waals surface area contributed by atoms with Gasteiger partial charge in [-0.05, 0) is 39.3 Å². The molecule has 0 atom stereocenters. The van der Waals surface area contributed by atoms with Gasteiger partial charge in [0, 0.05) is 32.0 Å². The fourth-order valence-electron chi connectivity index (χ4n) is 2.20. The molecule has 0 bridgehead atoms. The lowest BCUT2D eigenvalue weighted by atomic mass is 10.3. The quantitative estimate of drug-likeness (QED) is 0.739. The molecule has 5 heteroatoms. The van der Waals surface area contributed by atoms with E-state index in [1.165, 1.54) is 18.5 Å². The first-order valence-electron chi connectivity index (χ1n) is 6.99. The van der Waals surface area contributed by atoms with Crippen molar-refractivity contribution in [1.82, 2.24) is 24.6 Å². The maximum absolute atomic E-state index is 4.44. The summed E-state index contributed by atoms with van der Waals surface area (Å²) in [7, 11) is 0. The number of aromatic nitrogens is 4. The lowest BCUT2D eigenvalue weighted by Gasteiger charge is -2.07. The summed E-state index contributed by atoms with van der Waals surface area (Å²) in [6, 6.07) is 2.15. The average Bonchev–Trinajstić information content (AvgIpc) is 3.03. The standard InChI is InChI=1S/C14H23N5/c1-3-19-14(10-13(2)17-19)11-15-6-4-5-8-18-9-7-16-12-18/h7,9-10,12,15H,3-6,8,11H2,1-2H3. The monoisotopic (exact) mass is 261 g/mol. The van der Waals surface area contributed by atoms with Gasteiger partial charge in [0.25, 0.3) is 0 Å². The summed E-state index contributed by atoms with van der Waals surface area (Å²) >= 11 is 0. The van der Waals surface area contributed by atoms with Crippen LogP contribution in [0.5, 0.6) is 0 Å². The number of nitrogens with one attached hydrogen (secondary N) is 1. The smallest absolute Gasteiger partial charge is 0.0945 e. The lowest BCUT2D eigenvalue weighted by Crippen LogP contribution is -2.18. The number of nitrogens with zero attached hydrogens (tertiary/aromatic N) is 4. The van der Waals surface area contributed by atoms with Gasteiger partial charge in [-0.15, -0.1) is 0 Å². The Morgan fingerprint density at radius 3 is 2.95 bits per heavy atom. The molecule has 0 aliphatic heterocycles. The van der Waals surface area contributed by atoms with Crippen molar-refractivity contribution in [3.05, 3.63) is 36.2 Å². The van der Waals surface area contributed by atoms with Gasteiger partial charge in [-0.2, -0.15) is 5.10 Å². The number of hydrogen-bond acceptors (Lipinski definition) is 3. The van der Waals surface area contributed by atoms with E-state index in [2.05, 4.69) is 37.6 Å². The largest absolute Gasteiger partial charge is 0.337 e. The third-order valence-corrected chi connectivity index (χ3v) is 3.17. The van der Waals surface area contributed by atoms with Crippen molar-refractivity contribution in [2.75, 3.05) is 6.54 Å². The molecule has 2 rings (SSSR count). The second-order valence-electron chi connectivity index (χ2n) is 4.78. The summed E-state index contributed by atoms with van der Waals surface area (Å²) < 4.78 is 4.18. The van der Waals surface area contributed by atoms with E-state index < -0.39 is 0 Å². The van der Waals surface area contributed by atoms with E-state index in [0.717, 1.165) is 31.9 Å². The van der Waals surface area contributed by atoms with Crippen molar-refractivity contribution in [3.63, 3.8) is 0 Å². The summed E-state index contributed by atoms with van der Waals surface area (Å²) in [5, 5.41) is 7.93. The molecular formula is C14H23N5. The number of hydrogen-bond donors (Lipinski definition) is 1. The number of imidazole rings is 1. The molecule has 0 saturated carbocycles. The number of aryl methyl sites for hydroxylation is 3. The Kier molecular flexibility index (Phi) is 5.15. The molecule has 0 aliphatic carbocycles. The molecule has 2 heterocycles. The van der Waals surface area contributed by atoms with E-state index in [1.54, 1.807) is 0 Å². The van der Waals surface area contributed by atoms with E-state index in [9.17, 15) is 0 Å². The fraction of sp³-hybridized carbons (Fsp3) is 0.571. The van der Waals surface area contributed by atoms with Crippen LogP contribution in [0.15, 0.2) is 24.8 Å². The highest BCUT2D eigenvalue weighted by Gasteiger charge is 2.02. The average molecular weight is 261 g/mol. The predicted octanol–water partition coefficient (Wildman–Crippen LogP) is 1.98. The summed E-state index contributed by atoms with van der Waals surface area (Å²) in [6.07, 6.45) is 8.06. The van der Waals surface area contributed by atoms with E-state index in [0.29, 0.717) is 0 Å². The van der Waals surface area contributed by atoms with Crippen LogP contribution in [0.2, 0.25) is 0 Å². The maximum Gasteiger partial charge on any atom is 0.0945 e. The summed E-state index contributed by atoms with van der Waals surface area (Å²) in [5.74, 6) is 0. The molecule has 0 unspecified atom stereocenters. The third kappa shape index (κ3) is 4.21. The third-order valence-electron chi connectivity index (χ3n) is 3.17. The van der Waals surface area contributed by atoms with Crippen molar-refractivity contribution in [2.24, 2.45) is 0 Å². The van der Waals surface area contributed by atoms with Gasteiger partial charge >= 0.3 is 0 Å². The Balaban J connectivity index is 1.61. The van der Waals surface area contributed by atoms with Crippen LogP contribution in [-0.2, 0) is 19.6 Å². The second-order valence-corrected chi connectivity index (χ2v) is 4.78. The van der Waals surface area contributed by atoms with E-state index >= 15 is 0 Å². The molecule has 0 aliphatic rings. The first-order chi connectivity index (χ1) is 9.29. The fourth-order valence-corrected chi connectivity index (χ4v) is 2.20. The summed E-state index contributed by atoms with van der Waals surface area (Å²) in [4.78, 5) is 4.04. The molecule has 0 radical (unpaired) electrons. The molecular weight excluding hydrogens is 238 g/mol. The van der Waals surface area contributed by atoms with E-state index in [1.807, 2.05) is 25.6 Å². The number of unbranched alkanes of at least 4 members (excludes halogenated alkanes) is 1. The van der Waals surface area contributed by atoms with Gasteiger partial charge in [-0.25, -0.2) is 4.98 Å². The molecule has 0 aromatic carbocycles. The molecule has 5 nitrogen and oxygen atoms in total. The Labute approximate surface area is 114 Å². The highest BCUT2D eigenvalue weighted by atomic mass is 15.3. The minimum atomic E-state index is 0.903. The van der Waals surface area contributed by atoms with Crippen molar-refractivity contribution in [2.45, 2.75) is 46.3 Å². The van der Waals surface area contributed by atoms with Gasteiger partial charge in [-0.3, -0.25) is 4.68 Å². The number of rotatable bonds is 8. The second kappa shape index (κ2) is 7.09. The van der Waals surface area contributed by atoms with Crippen LogP contribution < -0.4 is 5.32 Å². The predicted molar refractivity (Wildman–Crippen MR) is 75.8 cm³/mol. The van der Waals surface area contributed by atoms with Crippen LogP contribution >= 0.6 is 0 Å². The Morgan fingerprint density at radius 2 is 2.21 bits per heavy atom. The van der Waals surface area contributed by atoms with Gasteiger partial charge in [0.1, 0.15) is 0 Å². The summed E-state index contributed by atoms with van der Waals surface area (Å²) in [5.41, 5.74) is 2.37. The van der Waals surface area contributed by atoms with Crippen LogP contribution in [0.25, 0.3) is 0 Å². The van der Waals surface area contributed by atoms with Crippen molar-refractivity contribution in [3.8, 4) is 0 Å². The van der Waals surface area contributed by atoms with E-state index in [4.69, 9.17) is 0 Å². The molecule has 0 amide bonds. The molecule has 19 heavy (non-hydrogen) atoms. The Hall–Kier alpha value is -1.62. The van der Waals surface area contributed by atoms with Crippen molar-refractivity contribution >= 4 is 0 Å². The van der Waals surface area contributed by atoms with Crippen LogP contribution in [-0.4, -0.2) is 25.9 Å². The van der Waals surface area contributed by atoms with Gasteiger partial charge in [0.2, 0.25) is 0 Å². The van der Waals surface area contributed by atoms with Crippen LogP contribution in [0, 0.1) is 6.92 Å². The molecule has 0 spiro atoms. The molecule has 1 N–H and O–H groups in total. The normalized spacial score (nSPS) is 11.1. The highest BCUT2D eigenvalue weighted by molar-refractivity contribution is 5.08. The van der Waals surface area contributed by atoms with Crippen molar-refractivity contribution < 1.29 is 0 Å². The van der Waals surface area contributed by atoms with Crippen LogP contribution in [0.1, 0.15) is 31.2 Å². The highest BCUT2D eigenvalue weighted by Crippen LogP contribution is 2.03. The SMILES string of the molecule is CCn1nc(C)cc1CNCCCCn1ccnc1. The Morgan fingerprint density at radius 1 is 1.32 bits per heavy atom. The maximum atomic E-state index is 4.44.